The van der Waals surface area contributed by atoms with Crippen molar-refractivity contribution in [2.75, 3.05) is 20.6 Å². The topological polar surface area (TPSA) is 40.1 Å². The highest BCUT2D eigenvalue weighted by atomic mass is 16.4. The Morgan fingerprint density at radius 3 is 2.00 bits per heavy atom. The lowest BCUT2D eigenvalue weighted by molar-refractivity contribution is -0.932. The number of nitrogens with zero attached hydrogens (tertiary/aromatic N) is 1. The van der Waals surface area contributed by atoms with Crippen LogP contribution in [-0.2, 0) is 4.79 Å². The Labute approximate surface area is 80.9 Å². The Morgan fingerprint density at radius 2 is 1.77 bits per heavy atom. The zero-order chi connectivity index (χ0) is 10.9. The molecule has 0 rings (SSSR count). The SMILES string of the molecule is CC(C)C[N+](C)(C)C(C)(C)C(=O)[O-]. The van der Waals surface area contributed by atoms with Gasteiger partial charge in [0, 0.05) is 5.92 Å². The van der Waals surface area contributed by atoms with Crippen LogP contribution in [0.3, 0.4) is 0 Å². The average molecular weight is 187 g/mol. The molecule has 0 fully saturated rings. The van der Waals surface area contributed by atoms with E-state index in [1.807, 2.05) is 14.1 Å². The summed E-state index contributed by atoms with van der Waals surface area (Å²) in [7, 11) is 3.85. The number of rotatable bonds is 4. The van der Waals surface area contributed by atoms with Crippen LogP contribution in [0.15, 0.2) is 0 Å². The predicted octanol–water partition coefficient (Wildman–Crippen LogP) is 0.247. The number of aliphatic carboxylic acids is 1. The summed E-state index contributed by atoms with van der Waals surface area (Å²) in [6, 6.07) is 0. The Hall–Kier alpha value is -0.570. The van der Waals surface area contributed by atoms with E-state index in [0.29, 0.717) is 10.4 Å². The zero-order valence-electron chi connectivity index (χ0n) is 9.55. The Balaban J connectivity index is 4.70. The van der Waals surface area contributed by atoms with Crippen LogP contribution in [0.1, 0.15) is 27.7 Å². The lowest BCUT2D eigenvalue weighted by Gasteiger charge is -2.46. The Kier molecular flexibility index (Phi) is 3.50. The van der Waals surface area contributed by atoms with Crippen molar-refractivity contribution in [3.8, 4) is 0 Å². The van der Waals surface area contributed by atoms with Crippen molar-refractivity contribution in [1.29, 1.82) is 0 Å². The molecule has 0 spiro atoms. The highest BCUT2D eigenvalue weighted by Crippen LogP contribution is 2.21. The molecule has 0 bridgehead atoms. The van der Waals surface area contributed by atoms with Gasteiger partial charge in [0.2, 0.25) is 0 Å². The molecule has 0 saturated heterocycles. The molecule has 0 aliphatic carbocycles. The molecule has 13 heavy (non-hydrogen) atoms. The van der Waals surface area contributed by atoms with E-state index >= 15 is 0 Å². The minimum absolute atomic E-state index is 0.451. The van der Waals surface area contributed by atoms with Gasteiger partial charge in [0.25, 0.3) is 0 Å². The quantitative estimate of drug-likeness (QED) is 0.592. The number of likely N-dealkylation sites (N-methyl/N-ethyl adjacent to an activating group) is 1. The summed E-state index contributed by atoms with van der Waals surface area (Å²) in [6.07, 6.45) is 0. The number of carbonyl (C=O) groups is 1. The molecule has 3 nitrogen and oxygen atoms in total. The number of carboxylic acid groups (broad SMARTS) is 1. The van der Waals surface area contributed by atoms with Crippen molar-refractivity contribution in [1.82, 2.24) is 0 Å². The summed E-state index contributed by atoms with van der Waals surface area (Å²) in [5, 5.41) is 10.9. The van der Waals surface area contributed by atoms with Crippen LogP contribution in [0.25, 0.3) is 0 Å². The van der Waals surface area contributed by atoms with Gasteiger partial charge in [0.15, 0.2) is 0 Å². The minimum Gasteiger partial charge on any atom is -0.544 e. The highest BCUT2D eigenvalue weighted by Gasteiger charge is 2.38. The lowest BCUT2D eigenvalue weighted by atomic mass is 9.99. The first-order valence-corrected chi connectivity index (χ1v) is 4.66. The number of carboxylic acids is 1. The van der Waals surface area contributed by atoms with E-state index in [0.717, 1.165) is 6.54 Å². The molecular formula is C10H21NO2. The average Bonchev–Trinajstić information content (AvgIpc) is 1.83. The van der Waals surface area contributed by atoms with Crippen LogP contribution in [0.5, 0.6) is 0 Å². The molecule has 0 radical (unpaired) electrons. The molecule has 0 aliphatic rings. The summed E-state index contributed by atoms with van der Waals surface area (Å²) >= 11 is 0. The molecule has 0 aromatic heterocycles. The first-order chi connectivity index (χ1) is 5.61. The maximum atomic E-state index is 10.9. The molecule has 0 aliphatic heterocycles. The van der Waals surface area contributed by atoms with Crippen LogP contribution in [0.2, 0.25) is 0 Å². The number of quaternary nitrogens is 1. The van der Waals surface area contributed by atoms with Gasteiger partial charge in [-0.1, -0.05) is 13.8 Å². The smallest absolute Gasteiger partial charge is 0.133 e. The summed E-state index contributed by atoms with van der Waals surface area (Å²) in [5.74, 6) is -0.508. The fourth-order valence-electron chi connectivity index (χ4n) is 1.39. The second-order valence-corrected chi connectivity index (χ2v) is 5.11. The first-order valence-electron chi connectivity index (χ1n) is 4.66. The van der Waals surface area contributed by atoms with Crippen LogP contribution in [0, 0.1) is 5.92 Å². The second kappa shape index (κ2) is 3.66. The van der Waals surface area contributed by atoms with Crippen LogP contribution < -0.4 is 5.11 Å². The number of hydrogen-bond donors (Lipinski definition) is 0. The largest absolute Gasteiger partial charge is 0.544 e. The third-order valence-corrected chi connectivity index (χ3v) is 2.83. The lowest BCUT2D eigenvalue weighted by Crippen LogP contribution is -2.65. The molecule has 3 heteroatoms. The van der Waals surface area contributed by atoms with E-state index in [1.165, 1.54) is 0 Å². The molecule has 0 aromatic carbocycles. The maximum Gasteiger partial charge on any atom is 0.133 e. The van der Waals surface area contributed by atoms with Gasteiger partial charge in [-0.2, -0.15) is 0 Å². The van der Waals surface area contributed by atoms with Gasteiger partial charge in [-0.3, -0.25) is 0 Å². The molecule has 78 valence electrons. The van der Waals surface area contributed by atoms with Gasteiger partial charge >= 0.3 is 0 Å². The third-order valence-electron chi connectivity index (χ3n) is 2.83. The van der Waals surface area contributed by atoms with Gasteiger partial charge < -0.3 is 14.4 Å². The normalized spacial score (nSPS) is 13.5. The van der Waals surface area contributed by atoms with Gasteiger partial charge in [0.05, 0.1) is 20.6 Å². The minimum atomic E-state index is -0.988. The van der Waals surface area contributed by atoms with Crippen LogP contribution in [-0.4, -0.2) is 36.6 Å². The zero-order valence-corrected chi connectivity index (χ0v) is 9.55. The highest BCUT2D eigenvalue weighted by molar-refractivity contribution is 5.73. The van der Waals surface area contributed by atoms with E-state index in [9.17, 15) is 9.90 Å². The number of carbonyl (C=O) groups excluding carboxylic acids is 1. The molecule has 0 saturated carbocycles. The van der Waals surface area contributed by atoms with Gasteiger partial charge in [-0.05, 0) is 13.8 Å². The summed E-state index contributed by atoms with van der Waals surface area (Å²) in [6.45, 7) is 8.44. The molecular weight excluding hydrogens is 166 g/mol. The van der Waals surface area contributed by atoms with Crippen molar-refractivity contribution in [3.63, 3.8) is 0 Å². The predicted molar refractivity (Wildman–Crippen MR) is 50.9 cm³/mol. The van der Waals surface area contributed by atoms with E-state index in [-0.39, 0.29) is 0 Å². The summed E-state index contributed by atoms with van der Waals surface area (Å²) in [5.41, 5.74) is -0.829. The van der Waals surface area contributed by atoms with E-state index in [1.54, 1.807) is 13.8 Å². The molecule has 0 N–H and O–H groups in total. The van der Waals surface area contributed by atoms with E-state index in [2.05, 4.69) is 13.8 Å². The van der Waals surface area contributed by atoms with Crippen molar-refractivity contribution in [3.05, 3.63) is 0 Å². The molecule has 0 heterocycles. The molecule has 0 amide bonds. The fraction of sp³-hybridized carbons (Fsp3) is 0.900. The first kappa shape index (κ1) is 12.4. The van der Waals surface area contributed by atoms with Gasteiger partial charge in [-0.25, -0.2) is 0 Å². The van der Waals surface area contributed by atoms with Gasteiger partial charge in [0.1, 0.15) is 11.5 Å². The van der Waals surface area contributed by atoms with E-state index < -0.39 is 11.5 Å². The third kappa shape index (κ3) is 2.69. The summed E-state index contributed by atoms with van der Waals surface area (Å²) < 4.78 is 0.451. The van der Waals surface area contributed by atoms with Gasteiger partial charge in [-0.15, -0.1) is 0 Å². The van der Waals surface area contributed by atoms with Crippen molar-refractivity contribution < 1.29 is 14.4 Å². The molecule has 0 unspecified atom stereocenters. The van der Waals surface area contributed by atoms with Crippen molar-refractivity contribution in [2.45, 2.75) is 33.2 Å². The monoisotopic (exact) mass is 187 g/mol. The van der Waals surface area contributed by atoms with E-state index in [4.69, 9.17) is 0 Å². The van der Waals surface area contributed by atoms with Crippen LogP contribution >= 0.6 is 0 Å². The Bertz CT molecular complexity index is 195. The van der Waals surface area contributed by atoms with Crippen molar-refractivity contribution in [2.24, 2.45) is 5.92 Å². The molecule has 0 aromatic rings. The second-order valence-electron chi connectivity index (χ2n) is 5.11. The number of hydrogen-bond acceptors (Lipinski definition) is 2. The Morgan fingerprint density at radius 1 is 1.38 bits per heavy atom. The molecule has 0 atom stereocenters. The fourth-order valence-corrected chi connectivity index (χ4v) is 1.39. The van der Waals surface area contributed by atoms with Crippen LogP contribution in [0.4, 0.5) is 0 Å². The van der Waals surface area contributed by atoms with Crippen molar-refractivity contribution >= 4 is 5.97 Å². The maximum absolute atomic E-state index is 10.9. The standard InChI is InChI=1S/C10H21NO2/c1-8(2)7-11(5,6)10(3,4)9(12)13/h8H,7H2,1-6H3. The summed E-state index contributed by atoms with van der Waals surface area (Å²) in [4.78, 5) is 10.9.